The van der Waals surface area contributed by atoms with E-state index in [2.05, 4.69) is 15.9 Å². The van der Waals surface area contributed by atoms with Crippen molar-refractivity contribution in [2.75, 3.05) is 18.1 Å². The molecule has 0 aromatic heterocycles. The van der Waals surface area contributed by atoms with Gasteiger partial charge in [0.05, 0.1) is 24.9 Å². The predicted octanol–water partition coefficient (Wildman–Crippen LogP) is 3.75. The predicted molar refractivity (Wildman–Crippen MR) is 130 cm³/mol. The second-order valence-corrected chi connectivity index (χ2v) is 9.71. The number of hydrogen-bond donors (Lipinski definition) is 2. The van der Waals surface area contributed by atoms with Crippen LogP contribution < -0.4 is 4.90 Å². The van der Waals surface area contributed by atoms with Crippen molar-refractivity contribution in [3.8, 4) is 0 Å². The third kappa shape index (κ3) is 4.50. The first-order valence-corrected chi connectivity index (χ1v) is 12.1. The molecule has 0 saturated carbocycles. The fourth-order valence-corrected chi connectivity index (χ4v) is 5.19. The lowest BCUT2D eigenvalue weighted by Gasteiger charge is -2.28. The van der Waals surface area contributed by atoms with E-state index in [1.807, 2.05) is 42.5 Å². The molecule has 2 aromatic rings. The summed E-state index contributed by atoms with van der Waals surface area (Å²) >= 11 is 3.46. The Balaban J connectivity index is 1.55. The maximum atomic E-state index is 13.6. The second-order valence-electron chi connectivity index (χ2n) is 8.79. The first kappa shape index (κ1) is 23.7. The third-order valence-electron chi connectivity index (χ3n) is 6.70. The average Bonchev–Trinajstić information content (AvgIpc) is 3.38. The van der Waals surface area contributed by atoms with E-state index in [-0.39, 0.29) is 30.9 Å². The standard InChI is InChI=1S/C26H29BrN2O4/c1-18(7-5-11-24(31)28-14-6-10-21(28)17-30)26(33)22-15-20(27)12-13-23(22)29(25(26)32)16-19-8-3-2-4-9-19/h2-5,7-9,12-13,15,18,21,30,33H,6,10-11,14,16-17H2,1H3/b7-5+/t18-,21+,26+/m1/s1. The number of amides is 2. The van der Waals surface area contributed by atoms with Crippen molar-refractivity contribution < 1.29 is 19.8 Å². The Labute approximate surface area is 202 Å². The molecule has 1 saturated heterocycles. The molecule has 7 heteroatoms. The molecule has 0 bridgehead atoms. The van der Waals surface area contributed by atoms with E-state index < -0.39 is 11.5 Å². The molecule has 174 valence electrons. The number of hydrogen-bond acceptors (Lipinski definition) is 4. The molecule has 0 aliphatic carbocycles. The van der Waals surface area contributed by atoms with E-state index in [4.69, 9.17) is 0 Å². The number of nitrogens with zero attached hydrogens (tertiary/aromatic N) is 2. The summed E-state index contributed by atoms with van der Waals surface area (Å²) in [5, 5.41) is 21.2. The van der Waals surface area contributed by atoms with Crippen molar-refractivity contribution in [2.24, 2.45) is 5.92 Å². The zero-order valence-corrected chi connectivity index (χ0v) is 20.2. The number of carbonyl (C=O) groups is 2. The highest BCUT2D eigenvalue weighted by Crippen LogP contribution is 2.46. The van der Waals surface area contributed by atoms with Crippen LogP contribution in [0.2, 0.25) is 0 Å². The van der Waals surface area contributed by atoms with Gasteiger partial charge in [0.1, 0.15) is 0 Å². The Morgan fingerprint density at radius 1 is 1.27 bits per heavy atom. The first-order valence-electron chi connectivity index (χ1n) is 11.3. The fourth-order valence-electron chi connectivity index (χ4n) is 4.83. The Hall–Kier alpha value is -2.48. The van der Waals surface area contributed by atoms with Gasteiger partial charge in [0.2, 0.25) is 5.91 Å². The minimum atomic E-state index is -1.73. The average molecular weight is 513 g/mol. The number of rotatable bonds is 7. The van der Waals surface area contributed by atoms with Gasteiger partial charge < -0.3 is 20.0 Å². The molecule has 33 heavy (non-hydrogen) atoms. The Morgan fingerprint density at radius 2 is 2.03 bits per heavy atom. The number of carbonyl (C=O) groups excluding carboxylic acids is 2. The number of aliphatic hydroxyl groups excluding tert-OH is 1. The Bertz CT molecular complexity index is 1060. The molecule has 2 amide bonds. The van der Waals surface area contributed by atoms with E-state index in [0.717, 1.165) is 22.9 Å². The molecular formula is C26H29BrN2O4. The van der Waals surface area contributed by atoms with Gasteiger partial charge in [0.25, 0.3) is 5.91 Å². The SMILES string of the molecule is C[C@H](/C=C/CC(=O)N1CCC[C@H]1CO)[C@@]1(O)C(=O)N(Cc2ccccc2)c2ccc(Br)cc21. The minimum absolute atomic E-state index is 0.0248. The molecule has 2 heterocycles. The fraction of sp³-hybridized carbons (Fsp3) is 0.385. The summed E-state index contributed by atoms with van der Waals surface area (Å²) < 4.78 is 0.782. The van der Waals surface area contributed by atoms with E-state index in [1.165, 1.54) is 0 Å². The van der Waals surface area contributed by atoms with E-state index >= 15 is 0 Å². The highest BCUT2D eigenvalue weighted by molar-refractivity contribution is 9.10. The van der Waals surface area contributed by atoms with Crippen LogP contribution in [-0.4, -0.2) is 46.1 Å². The van der Waals surface area contributed by atoms with E-state index in [1.54, 1.807) is 34.9 Å². The topological polar surface area (TPSA) is 81.1 Å². The summed E-state index contributed by atoms with van der Waals surface area (Å²) in [4.78, 5) is 29.5. The minimum Gasteiger partial charge on any atom is -0.394 e. The number of halogens is 1. The molecule has 2 aliphatic heterocycles. The number of benzene rings is 2. The maximum Gasteiger partial charge on any atom is 0.264 e. The molecule has 3 atom stereocenters. The van der Waals surface area contributed by atoms with Crippen LogP contribution >= 0.6 is 15.9 Å². The van der Waals surface area contributed by atoms with Gasteiger partial charge in [0.15, 0.2) is 5.60 Å². The highest BCUT2D eigenvalue weighted by atomic mass is 79.9. The summed E-state index contributed by atoms with van der Waals surface area (Å²) in [6, 6.07) is 15.1. The van der Waals surface area contributed by atoms with Crippen molar-refractivity contribution in [1.82, 2.24) is 4.90 Å². The molecule has 0 radical (unpaired) electrons. The zero-order valence-electron chi connectivity index (χ0n) is 18.7. The summed E-state index contributed by atoms with van der Waals surface area (Å²) in [5.74, 6) is -0.963. The van der Waals surface area contributed by atoms with Crippen molar-refractivity contribution in [2.45, 2.75) is 44.4 Å². The lowest BCUT2D eigenvalue weighted by Crippen LogP contribution is -2.44. The maximum absolute atomic E-state index is 13.6. The van der Waals surface area contributed by atoms with Gasteiger partial charge in [0, 0.05) is 28.9 Å². The molecule has 6 nitrogen and oxygen atoms in total. The van der Waals surface area contributed by atoms with Gasteiger partial charge in [-0.15, -0.1) is 0 Å². The van der Waals surface area contributed by atoms with E-state index in [0.29, 0.717) is 24.3 Å². The summed E-state index contributed by atoms with van der Waals surface area (Å²) in [6.07, 6.45) is 5.36. The van der Waals surface area contributed by atoms with Crippen molar-refractivity contribution >= 4 is 33.4 Å². The van der Waals surface area contributed by atoms with Crippen LogP contribution in [0.25, 0.3) is 0 Å². The number of likely N-dealkylation sites (tertiary alicyclic amines) is 1. The molecule has 2 aliphatic rings. The normalized spacial score (nSPS) is 23.4. The molecule has 0 spiro atoms. The molecule has 2 N–H and O–H groups in total. The van der Waals surface area contributed by atoms with Crippen LogP contribution in [-0.2, 0) is 21.7 Å². The number of anilines is 1. The van der Waals surface area contributed by atoms with Gasteiger partial charge in [-0.25, -0.2) is 0 Å². The largest absolute Gasteiger partial charge is 0.394 e. The third-order valence-corrected chi connectivity index (χ3v) is 7.19. The summed E-state index contributed by atoms with van der Waals surface area (Å²) in [5.41, 5.74) is 0.492. The van der Waals surface area contributed by atoms with Crippen LogP contribution in [0.4, 0.5) is 5.69 Å². The monoisotopic (exact) mass is 512 g/mol. The van der Waals surface area contributed by atoms with Gasteiger partial charge in [-0.05, 0) is 36.6 Å². The molecule has 4 rings (SSSR count). The van der Waals surface area contributed by atoms with Crippen LogP contribution in [0.1, 0.15) is 37.3 Å². The van der Waals surface area contributed by atoms with Gasteiger partial charge in [-0.2, -0.15) is 0 Å². The van der Waals surface area contributed by atoms with Crippen LogP contribution in [0.3, 0.4) is 0 Å². The van der Waals surface area contributed by atoms with Gasteiger partial charge >= 0.3 is 0 Å². The smallest absolute Gasteiger partial charge is 0.264 e. The highest BCUT2D eigenvalue weighted by Gasteiger charge is 2.52. The van der Waals surface area contributed by atoms with Crippen molar-refractivity contribution in [1.29, 1.82) is 0 Å². The van der Waals surface area contributed by atoms with Crippen molar-refractivity contribution in [3.63, 3.8) is 0 Å². The van der Waals surface area contributed by atoms with Crippen LogP contribution in [0, 0.1) is 5.92 Å². The Kier molecular flexibility index (Phi) is 7.02. The lowest BCUT2D eigenvalue weighted by molar-refractivity contribution is -0.139. The molecule has 1 fully saturated rings. The number of fused-ring (bicyclic) bond motifs is 1. The van der Waals surface area contributed by atoms with Gasteiger partial charge in [-0.1, -0.05) is 65.3 Å². The summed E-state index contributed by atoms with van der Waals surface area (Å²) in [7, 11) is 0. The van der Waals surface area contributed by atoms with Gasteiger partial charge in [-0.3, -0.25) is 9.59 Å². The van der Waals surface area contributed by atoms with Crippen LogP contribution in [0.5, 0.6) is 0 Å². The first-order chi connectivity index (χ1) is 15.9. The van der Waals surface area contributed by atoms with Crippen LogP contribution in [0.15, 0.2) is 65.2 Å². The quantitative estimate of drug-likeness (QED) is 0.553. The van der Waals surface area contributed by atoms with Crippen molar-refractivity contribution in [3.05, 3.63) is 76.3 Å². The number of aliphatic hydroxyl groups is 2. The lowest BCUT2D eigenvalue weighted by atomic mass is 9.83. The Morgan fingerprint density at radius 3 is 2.76 bits per heavy atom. The van der Waals surface area contributed by atoms with E-state index in [9.17, 15) is 19.8 Å². The molecule has 0 unspecified atom stereocenters. The zero-order chi connectivity index (χ0) is 23.6. The molecule has 2 aromatic carbocycles. The second kappa shape index (κ2) is 9.79. The summed E-state index contributed by atoms with van der Waals surface area (Å²) in [6.45, 7) is 2.79. The molecular weight excluding hydrogens is 484 g/mol.